The number of likely N-dealkylation sites (tertiary alicyclic amines) is 1. The molecule has 3 saturated heterocycles. The van der Waals surface area contributed by atoms with E-state index in [2.05, 4.69) is 14.7 Å². The average molecular weight is 364 g/mol. The van der Waals surface area contributed by atoms with Crippen molar-refractivity contribution in [1.82, 2.24) is 20.3 Å². The third-order valence-electron chi connectivity index (χ3n) is 4.47. The van der Waals surface area contributed by atoms with Crippen LogP contribution < -0.4 is 5.48 Å². The molecule has 12 heteroatoms. The quantitative estimate of drug-likeness (QED) is 0.457. The fraction of sp³-hybridized carbons (Fsp3) is 0.833. The second kappa shape index (κ2) is 6.44. The van der Waals surface area contributed by atoms with Gasteiger partial charge in [-0.15, -0.1) is 4.28 Å². The Balaban J connectivity index is 1.58. The molecule has 3 aliphatic rings. The third-order valence-corrected chi connectivity index (χ3v) is 4.82. The van der Waals surface area contributed by atoms with Crippen molar-refractivity contribution < 1.29 is 31.7 Å². The molecule has 0 aromatic carbocycles. The van der Waals surface area contributed by atoms with Crippen molar-refractivity contribution in [2.75, 3.05) is 26.7 Å². The summed E-state index contributed by atoms with van der Waals surface area (Å²) in [4.78, 5) is 33.2. The zero-order chi connectivity index (χ0) is 17.5. The first-order chi connectivity index (χ1) is 11.2. The lowest BCUT2D eigenvalue weighted by Crippen LogP contribution is -2.50. The second-order valence-corrected chi connectivity index (χ2v) is 7.27. The van der Waals surface area contributed by atoms with Crippen LogP contribution in [-0.4, -0.2) is 84.6 Å². The van der Waals surface area contributed by atoms with Crippen molar-refractivity contribution >= 4 is 22.3 Å². The molecule has 3 fully saturated rings. The number of amides is 3. The summed E-state index contributed by atoms with van der Waals surface area (Å²) in [6.07, 6.45) is 1.44. The summed E-state index contributed by atoms with van der Waals surface area (Å²) >= 11 is 0. The van der Waals surface area contributed by atoms with Crippen molar-refractivity contribution in [2.45, 2.75) is 37.5 Å². The van der Waals surface area contributed by atoms with E-state index in [0.29, 0.717) is 24.4 Å². The first kappa shape index (κ1) is 17.4. The SMILES string of the molecule is CN1CCC(ONC(=O)C2CCC3CN2C(=O)N3OS(=O)(=O)O)C1. The number of piperidine rings is 1. The summed E-state index contributed by atoms with van der Waals surface area (Å²) in [5.41, 5.74) is 2.39. The molecule has 3 heterocycles. The van der Waals surface area contributed by atoms with E-state index in [0.717, 1.165) is 13.0 Å². The predicted molar refractivity (Wildman–Crippen MR) is 78.5 cm³/mol. The van der Waals surface area contributed by atoms with Gasteiger partial charge in [0.25, 0.3) is 5.91 Å². The second-order valence-electron chi connectivity index (χ2n) is 6.27. The zero-order valence-electron chi connectivity index (χ0n) is 13.1. The molecule has 0 radical (unpaired) electrons. The van der Waals surface area contributed by atoms with Crippen LogP contribution >= 0.6 is 0 Å². The molecule has 11 nitrogen and oxygen atoms in total. The normalized spacial score (nSPS) is 30.9. The largest absolute Gasteiger partial charge is 0.418 e. The number of nitrogens with zero attached hydrogens (tertiary/aromatic N) is 3. The van der Waals surface area contributed by atoms with E-state index in [1.54, 1.807) is 0 Å². The number of fused-ring (bicyclic) bond motifs is 2. The van der Waals surface area contributed by atoms with E-state index in [1.807, 2.05) is 7.05 Å². The first-order valence-corrected chi connectivity index (χ1v) is 9.02. The number of hydroxylamine groups is 3. The highest BCUT2D eigenvalue weighted by Gasteiger charge is 2.49. The molecule has 3 unspecified atom stereocenters. The third kappa shape index (κ3) is 3.62. The fourth-order valence-corrected chi connectivity index (χ4v) is 3.69. The van der Waals surface area contributed by atoms with Crippen LogP contribution in [0.2, 0.25) is 0 Å². The van der Waals surface area contributed by atoms with Crippen LogP contribution in [0.3, 0.4) is 0 Å². The molecular formula is C12H20N4O7S. The number of urea groups is 1. The van der Waals surface area contributed by atoms with Crippen LogP contribution in [0.4, 0.5) is 4.79 Å². The summed E-state index contributed by atoms with van der Waals surface area (Å²) in [7, 11) is -2.84. The summed E-state index contributed by atoms with van der Waals surface area (Å²) in [6.45, 7) is 1.75. The molecule has 3 atom stereocenters. The molecule has 0 aliphatic carbocycles. The van der Waals surface area contributed by atoms with E-state index in [9.17, 15) is 18.0 Å². The number of nitrogens with one attached hydrogen (secondary N) is 1. The molecule has 3 amide bonds. The van der Waals surface area contributed by atoms with E-state index < -0.39 is 34.4 Å². The lowest BCUT2D eigenvalue weighted by Gasteiger charge is -2.29. The lowest BCUT2D eigenvalue weighted by atomic mass is 10.0. The Bertz CT molecular complexity index is 627. The summed E-state index contributed by atoms with van der Waals surface area (Å²) in [6, 6.07) is -2.05. The molecule has 0 aromatic heterocycles. The van der Waals surface area contributed by atoms with Crippen LogP contribution in [0.25, 0.3) is 0 Å². The molecular weight excluding hydrogens is 344 g/mol. The van der Waals surface area contributed by atoms with E-state index >= 15 is 0 Å². The first-order valence-electron chi connectivity index (χ1n) is 7.65. The van der Waals surface area contributed by atoms with Gasteiger partial charge in [0, 0.05) is 19.6 Å². The van der Waals surface area contributed by atoms with Gasteiger partial charge < -0.3 is 9.80 Å². The van der Waals surface area contributed by atoms with Gasteiger partial charge in [0.2, 0.25) is 0 Å². The minimum atomic E-state index is -4.79. The van der Waals surface area contributed by atoms with Gasteiger partial charge in [-0.2, -0.15) is 13.5 Å². The molecule has 3 aliphatic heterocycles. The lowest BCUT2D eigenvalue weighted by molar-refractivity contribution is -0.143. The molecule has 2 N–H and O–H groups in total. The molecule has 0 spiro atoms. The van der Waals surface area contributed by atoms with Crippen molar-refractivity contribution in [1.29, 1.82) is 0 Å². The predicted octanol–water partition coefficient (Wildman–Crippen LogP) is -1.26. The maximum absolute atomic E-state index is 12.3. The highest BCUT2D eigenvalue weighted by atomic mass is 32.3. The molecule has 2 bridgehead atoms. The van der Waals surface area contributed by atoms with E-state index in [1.165, 1.54) is 4.90 Å². The number of rotatable bonds is 5. The van der Waals surface area contributed by atoms with E-state index in [4.69, 9.17) is 9.39 Å². The Labute approximate surface area is 139 Å². The number of carbonyl (C=O) groups is 2. The summed E-state index contributed by atoms with van der Waals surface area (Å²) in [5.74, 6) is -0.454. The van der Waals surface area contributed by atoms with Gasteiger partial charge >= 0.3 is 16.4 Å². The molecule has 24 heavy (non-hydrogen) atoms. The Hall–Kier alpha value is -1.47. The molecule has 0 saturated carbocycles. The van der Waals surface area contributed by atoms with Crippen molar-refractivity contribution in [3.05, 3.63) is 0 Å². The van der Waals surface area contributed by atoms with Crippen molar-refractivity contribution in [3.63, 3.8) is 0 Å². The Morgan fingerprint density at radius 1 is 1.29 bits per heavy atom. The van der Waals surface area contributed by atoms with Crippen molar-refractivity contribution in [3.8, 4) is 0 Å². The summed E-state index contributed by atoms with van der Waals surface area (Å²) in [5, 5.41) is 0.607. The fourth-order valence-electron chi connectivity index (χ4n) is 3.30. The van der Waals surface area contributed by atoms with Gasteiger partial charge in [0.05, 0.1) is 12.1 Å². The van der Waals surface area contributed by atoms with Gasteiger partial charge in [-0.3, -0.25) is 14.2 Å². The van der Waals surface area contributed by atoms with Crippen LogP contribution in [0.1, 0.15) is 19.3 Å². The maximum atomic E-state index is 12.3. The monoisotopic (exact) mass is 364 g/mol. The highest BCUT2D eigenvalue weighted by Crippen LogP contribution is 2.30. The molecule has 136 valence electrons. The minimum absolute atomic E-state index is 0.0936. The van der Waals surface area contributed by atoms with Crippen LogP contribution in [0.5, 0.6) is 0 Å². The van der Waals surface area contributed by atoms with Crippen molar-refractivity contribution in [2.24, 2.45) is 0 Å². The van der Waals surface area contributed by atoms with Gasteiger partial charge in [0.1, 0.15) is 6.04 Å². The molecule has 3 rings (SSSR count). The zero-order valence-corrected chi connectivity index (χ0v) is 13.9. The summed E-state index contributed by atoms with van der Waals surface area (Å²) < 4.78 is 34.7. The topological polar surface area (TPSA) is 129 Å². The average Bonchev–Trinajstić information content (AvgIpc) is 3.02. The highest BCUT2D eigenvalue weighted by molar-refractivity contribution is 7.80. The Kier molecular flexibility index (Phi) is 4.66. The van der Waals surface area contributed by atoms with Gasteiger partial charge in [0.15, 0.2) is 0 Å². The van der Waals surface area contributed by atoms with Crippen LogP contribution in [0, 0.1) is 0 Å². The number of carbonyl (C=O) groups excluding carboxylic acids is 2. The standard InChI is InChI=1S/C12H20N4O7S/c1-14-5-4-9(7-14)22-13-11(17)10-3-2-8-6-15(10)12(18)16(8)23-24(19,20)21/h8-10H,2-7H2,1H3,(H,13,17)(H,19,20,21). The molecule has 0 aromatic rings. The Morgan fingerprint density at radius 2 is 2.04 bits per heavy atom. The minimum Gasteiger partial charge on any atom is -0.309 e. The van der Waals surface area contributed by atoms with Gasteiger partial charge in [-0.1, -0.05) is 0 Å². The Morgan fingerprint density at radius 3 is 2.67 bits per heavy atom. The number of hydrogen-bond donors (Lipinski definition) is 2. The van der Waals surface area contributed by atoms with E-state index in [-0.39, 0.29) is 12.6 Å². The van der Waals surface area contributed by atoms with Gasteiger partial charge in [-0.05, 0) is 26.3 Å². The smallest absolute Gasteiger partial charge is 0.309 e. The van der Waals surface area contributed by atoms with Crippen LogP contribution in [0.15, 0.2) is 0 Å². The number of hydrogen-bond acceptors (Lipinski definition) is 7. The number of likely N-dealkylation sites (N-methyl/N-ethyl adjacent to an activating group) is 1. The van der Waals surface area contributed by atoms with Gasteiger partial charge in [-0.25, -0.2) is 10.3 Å². The van der Waals surface area contributed by atoms with Crippen LogP contribution in [-0.2, 0) is 24.3 Å². The maximum Gasteiger partial charge on any atom is 0.418 e.